The normalized spacial score (nSPS) is 11.5. The monoisotopic (exact) mass is 308 g/mol. The Kier molecular flexibility index (Phi) is 4.46. The van der Waals surface area contributed by atoms with Crippen LogP contribution in [0.1, 0.15) is 11.1 Å². The van der Waals surface area contributed by atoms with Crippen LogP contribution in [-0.4, -0.2) is 18.6 Å². The minimum absolute atomic E-state index is 0.0784. The molecule has 0 spiro atoms. The number of aromatic hydroxyl groups is 2. The summed E-state index contributed by atoms with van der Waals surface area (Å²) in [5.41, 5.74) is 1.73. The van der Waals surface area contributed by atoms with E-state index in [1.165, 1.54) is 24.3 Å². The molecule has 2 aromatic carbocycles. The number of phenolic OH excluding ortho intramolecular Hbond substituents is 2. The lowest BCUT2D eigenvalue weighted by Crippen LogP contribution is -2.14. The van der Waals surface area contributed by atoms with Crippen molar-refractivity contribution in [3.63, 3.8) is 0 Å². The number of sulfonamides is 1. The maximum Gasteiger partial charge on any atom is 0.238 e. The van der Waals surface area contributed by atoms with Gasteiger partial charge in [0.2, 0.25) is 10.0 Å². The van der Waals surface area contributed by atoms with Gasteiger partial charge in [0, 0.05) is 13.1 Å². The van der Waals surface area contributed by atoms with Crippen LogP contribution < -0.4 is 10.5 Å². The predicted octanol–water partition coefficient (Wildman–Crippen LogP) is 1.03. The van der Waals surface area contributed by atoms with Gasteiger partial charge in [-0.2, -0.15) is 0 Å². The number of hydrogen-bond donors (Lipinski definition) is 4. The molecule has 0 heterocycles. The second-order valence-corrected chi connectivity index (χ2v) is 6.18. The Bertz CT molecular complexity index is 727. The smallest absolute Gasteiger partial charge is 0.238 e. The third-order valence-corrected chi connectivity index (χ3v) is 3.88. The quantitative estimate of drug-likeness (QED) is 0.616. The molecule has 0 saturated heterocycles. The van der Waals surface area contributed by atoms with Crippen LogP contribution in [0.3, 0.4) is 0 Å². The van der Waals surface area contributed by atoms with Gasteiger partial charge in [-0.1, -0.05) is 18.2 Å². The number of primary sulfonamides is 1. The molecule has 0 bridgehead atoms. The fraction of sp³-hybridized carbons (Fsp3) is 0.143. The van der Waals surface area contributed by atoms with Crippen molar-refractivity contribution in [1.29, 1.82) is 0 Å². The van der Waals surface area contributed by atoms with Gasteiger partial charge in [-0.05, 0) is 35.4 Å². The van der Waals surface area contributed by atoms with Crippen LogP contribution in [0.2, 0.25) is 0 Å². The Morgan fingerprint density at radius 2 is 1.48 bits per heavy atom. The lowest BCUT2D eigenvalue weighted by atomic mass is 10.2. The van der Waals surface area contributed by atoms with Crippen LogP contribution in [0.5, 0.6) is 11.5 Å². The van der Waals surface area contributed by atoms with Crippen molar-refractivity contribution in [1.82, 2.24) is 5.32 Å². The highest BCUT2D eigenvalue weighted by Crippen LogP contribution is 2.24. The van der Waals surface area contributed by atoms with Gasteiger partial charge in [0.25, 0.3) is 0 Å². The predicted molar refractivity (Wildman–Crippen MR) is 78.1 cm³/mol. The highest BCUT2D eigenvalue weighted by atomic mass is 32.2. The van der Waals surface area contributed by atoms with E-state index in [-0.39, 0.29) is 16.4 Å². The van der Waals surface area contributed by atoms with Crippen molar-refractivity contribution in [2.24, 2.45) is 5.14 Å². The van der Waals surface area contributed by atoms with Crippen LogP contribution in [0.25, 0.3) is 0 Å². The summed E-state index contributed by atoms with van der Waals surface area (Å²) in [5, 5.41) is 26.8. The molecule has 0 aliphatic heterocycles. The van der Waals surface area contributed by atoms with Gasteiger partial charge in [0.05, 0.1) is 4.90 Å². The molecule has 21 heavy (non-hydrogen) atoms. The third-order valence-electron chi connectivity index (χ3n) is 2.95. The topological polar surface area (TPSA) is 113 Å². The van der Waals surface area contributed by atoms with Gasteiger partial charge >= 0.3 is 0 Å². The maximum absolute atomic E-state index is 11.1. The van der Waals surface area contributed by atoms with Crippen molar-refractivity contribution in [2.75, 3.05) is 0 Å². The average Bonchev–Trinajstić information content (AvgIpc) is 2.42. The van der Waals surface area contributed by atoms with Crippen molar-refractivity contribution >= 4 is 10.0 Å². The van der Waals surface area contributed by atoms with Gasteiger partial charge in [-0.15, -0.1) is 0 Å². The zero-order valence-electron chi connectivity index (χ0n) is 11.2. The van der Waals surface area contributed by atoms with E-state index in [1.54, 1.807) is 18.2 Å². The Hall–Kier alpha value is -2.09. The molecule has 0 saturated carbocycles. The second-order valence-electron chi connectivity index (χ2n) is 4.62. The number of rotatable bonds is 5. The van der Waals surface area contributed by atoms with Crippen LogP contribution in [0.15, 0.2) is 47.4 Å². The Morgan fingerprint density at radius 3 is 2.05 bits per heavy atom. The van der Waals surface area contributed by atoms with Crippen LogP contribution in [0.4, 0.5) is 0 Å². The molecule has 2 rings (SSSR count). The first-order valence-electron chi connectivity index (χ1n) is 6.19. The molecule has 7 heteroatoms. The summed E-state index contributed by atoms with van der Waals surface area (Å²) in [6.45, 7) is 1.04. The number of phenols is 2. The summed E-state index contributed by atoms with van der Waals surface area (Å²) in [4.78, 5) is 0.0784. The molecule has 0 fully saturated rings. The van der Waals surface area contributed by atoms with Gasteiger partial charge in [0.15, 0.2) is 11.5 Å². The summed E-state index contributed by atoms with van der Waals surface area (Å²) in [6, 6.07) is 10.9. The van der Waals surface area contributed by atoms with Gasteiger partial charge in [-0.25, -0.2) is 13.6 Å². The first-order chi connectivity index (χ1) is 9.86. The van der Waals surface area contributed by atoms with E-state index in [0.717, 1.165) is 11.1 Å². The van der Waals surface area contributed by atoms with E-state index in [2.05, 4.69) is 5.32 Å². The zero-order chi connectivity index (χ0) is 15.5. The fourth-order valence-electron chi connectivity index (χ4n) is 1.83. The van der Waals surface area contributed by atoms with E-state index in [1.807, 2.05) is 0 Å². The molecule has 0 radical (unpaired) electrons. The Morgan fingerprint density at radius 1 is 0.905 bits per heavy atom. The molecule has 5 N–H and O–H groups in total. The van der Waals surface area contributed by atoms with Gasteiger partial charge in [0.1, 0.15) is 0 Å². The highest BCUT2D eigenvalue weighted by molar-refractivity contribution is 7.89. The van der Waals surface area contributed by atoms with E-state index in [9.17, 15) is 18.6 Å². The third kappa shape index (κ3) is 4.19. The molecule has 112 valence electrons. The Labute approximate surface area is 122 Å². The van der Waals surface area contributed by atoms with E-state index < -0.39 is 10.0 Å². The molecule has 0 unspecified atom stereocenters. The summed E-state index contributed by atoms with van der Waals surface area (Å²) >= 11 is 0. The maximum atomic E-state index is 11.1. The first-order valence-corrected chi connectivity index (χ1v) is 7.74. The van der Waals surface area contributed by atoms with Crippen molar-refractivity contribution in [3.8, 4) is 11.5 Å². The molecular weight excluding hydrogens is 292 g/mol. The van der Waals surface area contributed by atoms with E-state index >= 15 is 0 Å². The summed E-state index contributed by atoms with van der Waals surface area (Å²) < 4.78 is 22.2. The largest absolute Gasteiger partial charge is 0.504 e. The summed E-state index contributed by atoms with van der Waals surface area (Å²) in [5.74, 6) is -0.316. The molecule has 0 amide bonds. The summed E-state index contributed by atoms with van der Waals surface area (Å²) in [7, 11) is -3.66. The zero-order valence-corrected chi connectivity index (χ0v) is 12.0. The number of nitrogens with one attached hydrogen (secondary N) is 1. The molecule has 0 aromatic heterocycles. The van der Waals surface area contributed by atoms with Crippen molar-refractivity contribution in [2.45, 2.75) is 18.0 Å². The second kappa shape index (κ2) is 6.13. The number of benzene rings is 2. The first kappa shape index (κ1) is 15.3. The minimum atomic E-state index is -3.66. The van der Waals surface area contributed by atoms with Crippen molar-refractivity contribution < 1.29 is 18.6 Å². The van der Waals surface area contributed by atoms with Crippen LogP contribution in [0, 0.1) is 0 Å². The molecule has 0 aliphatic carbocycles. The number of nitrogens with two attached hydrogens (primary N) is 1. The number of hydrogen-bond acceptors (Lipinski definition) is 5. The molecular formula is C14H16N2O4S. The molecule has 0 aliphatic rings. The molecule has 2 aromatic rings. The SMILES string of the molecule is NS(=O)(=O)c1ccc(CNCc2ccc(O)c(O)c2)cc1. The summed E-state index contributed by atoms with van der Waals surface area (Å²) in [6.07, 6.45) is 0. The van der Waals surface area contributed by atoms with Crippen LogP contribution >= 0.6 is 0 Å². The van der Waals surface area contributed by atoms with Crippen molar-refractivity contribution in [3.05, 3.63) is 53.6 Å². The minimum Gasteiger partial charge on any atom is -0.504 e. The van der Waals surface area contributed by atoms with E-state index in [4.69, 9.17) is 5.14 Å². The lowest BCUT2D eigenvalue weighted by molar-refractivity contribution is 0.403. The molecule has 6 nitrogen and oxygen atoms in total. The lowest BCUT2D eigenvalue weighted by Gasteiger charge is -2.07. The highest BCUT2D eigenvalue weighted by Gasteiger charge is 2.06. The average molecular weight is 308 g/mol. The van der Waals surface area contributed by atoms with Gasteiger partial charge in [-0.3, -0.25) is 0 Å². The van der Waals surface area contributed by atoms with Gasteiger partial charge < -0.3 is 15.5 Å². The fourth-order valence-corrected chi connectivity index (χ4v) is 2.34. The Balaban J connectivity index is 1.93. The standard InChI is InChI=1S/C14H16N2O4S/c15-21(19,20)12-4-1-10(2-5-12)8-16-9-11-3-6-13(17)14(18)7-11/h1-7,16-18H,8-9H2,(H2,15,19,20). The van der Waals surface area contributed by atoms with Crippen LogP contribution in [-0.2, 0) is 23.1 Å². The van der Waals surface area contributed by atoms with E-state index in [0.29, 0.717) is 13.1 Å². The molecule has 0 atom stereocenters.